The average molecular weight is 419 g/mol. The van der Waals surface area contributed by atoms with Gasteiger partial charge in [0, 0.05) is 43.9 Å². The lowest BCUT2D eigenvalue weighted by Crippen LogP contribution is -2.46. The molecule has 3 aromatic rings. The van der Waals surface area contributed by atoms with Crippen LogP contribution in [0.2, 0.25) is 0 Å². The fourth-order valence-electron chi connectivity index (χ4n) is 3.55. The Morgan fingerprint density at radius 1 is 1.19 bits per heavy atom. The van der Waals surface area contributed by atoms with E-state index in [-0.39, 0.29) is 24.5 Å². The predicted octanol–water partition coefficient (Wildman–Crippen LogP) is 2.58. The van der Waals surface area contributed by atoms with Crippen LogP contribution in [-0.4, -0.2) is 57.6 Å². The number of piperidine rings is 1. The number of aryl methyl sites for hydroxylation is 1. The van der Waals surface area contributed by atoms with Crippen molar-refractivity contribution in [1.29, 1.82) is 0 Å². The summed E-state index contributed by atoms with van der Waals surface area (Å²) in [5.41, 5.74) is 2.84. The molecular formula is C23H25N5O3. The van der Waals surface area contributed by atoms with Crippen LogP contribution in [0.1, 0.15) is 28.9 Å². The molecule has 8 nitrogen and oxygen atoms in total. The molecule has 1 aliphatic heterocycles. The minimum Gasteiger partial charge on any atom is -0.490 e. The standard InChI is InChI=1S/C23H25N5O3/c1-16-5-2-3-7-21(16)31-18-8-11-28(12-9-18)22(29)15-25-23(30)20-13-19(26-27-20)17-6-4-10-24-14-17/h2-7,10,13-14,18H,8-9,11-12,15H2,1H3,(H,25,30)(H,26,27). The number of ether oxygens (including phenoxy) is 1. The number of nitrogens with one attached hydrogen (secondary N) is 2. The third-order valence-electron chi connectivity index (χ3n) is 5.36. The van der Waals surface area contributed by atoms with Crippen molar-refractivity contribution in [2.24, 2.45) is 0 Å². The Morgan fingerprint density at radius 3 is 2.74 bits per heavy atom. The quantitative estimate of drug-likeness (QED) is 0.640. The molecule has 1 aliphatic rings. The first-order valence-electron chi connectivity index (χ1n) is 10.3. The Labute approximate surface area is 180 Å². The van der Waals surface area contributed by atoms with E-state index in [9.17, 15) is 9.59 Å². The van der Waals surface area contributed by atoms with E-state index in [1.54, 1.807) is 29.4 Å². The number of amides is 2. The van der Waals surface area contributed by atoms with Gasteiger partial charge in [0.1, 0.15) is 17.5 Å². The lowest BCUT2D eigenvalue weighted by Gasteiger charge is -2.32. The number of aromatic amines is 1. The molecule has 2 aromatic heterocycles. The molecule has 0 spiro atoms. The maximum Gasteiger partial charge on any atom is 0.269 e. The SMILES string of the molecule is Cc1ccccc1OC1CCN(C(=O)CNC(=O)c2cc(-c3cccnc3)n[nH]2)CC1. The highest BCUT2D eigenvalue weighted by Crippen LogP contribution is 2.22. The largest absolute Gasteiger partial charge is 0.490 e. The van der Waals surface area contributed by atoms with Crippen molar-refractivity contribution >= 4 is 11.8 Å². The molecule has 0 radical (unpaired) electrons. The Kier molecular flexibility index (Phi) is 6.26. The van der Waals surface area contributed by atoms with Gasteiger partial charge in [-0.1, -0.05) is 18.2 Å². The van der Waals surface area contributed by atoms with Crippen LogP contribution in [0.15, 0.2) is 54.9 Å². The normalized spacial score (nSPS) is 14.3. The third kappa shape index (κ3) is 5.09. The van der Waals surface area contributed by atoms with Crippen LogP contribution in [0.25, 0.3) is 11.3 Å². The second-order valence-electron chi connectivity index (χ2n) is 7.55. The topological polar surface area (TPSA) is 100 Å². The maximum absolute atomic E-state index is 12.5. The Bertz CT molecular complexity index is 1040. The molecular weight excluding hydrogens is 394 g/mol. The van der Waals surface area contributed by atoms with E-state index in [0.717, 1.165) is 29.7 Å². The van der Waals surface area contributed by atoms with E-state index in [2.05, 4.69) is 20.5 Å². The number of H-pyrrole nitrogens is 1. The second kappa shape index (κ2) is 9.42. The number of carbonyl (C=O) groups excluding carboxylic acids is 2. The van der Waals surface area contributed by atoms with Crippen molar-refractivity contribution in [3.05, 3.63) is 66.1 Å². The van der Waals surface area contributed by atoms with Crippen LogP contribution in [0.4, 0.5) is 0 Å². The summed E-state index contributed by atoms with van der Waals surface area (Å²) in [6, 6.07) is 13.3. The lowest BCUT2D eigenvalue weighted by atomic mass is 10.1. The van der Waals surface area contributed by atoms with Crippen molar-refractivity contribution in [1.82, 2.24) is 25.4 Å². The second-order valence-corrected chi connectivity index (χ2v) is 7.55. The van der Waals surface area contributed by atoms with Gasteiger partial charge in [0.2, 0.25) is 5.91 Å². The smallest absolute Gasteiger partial charge is 0.269 e. The molecule has 3 heterocycles. The van der Waals surface area contributed by atoms with Crippen LogP contribution in [0, 0.1) is 6.92 Å². The predicted molar refractivity (Wildman–Crippen MR) is 116 cm³/mol. The minimum atomic E-state index is -0.367. The number of hydrogen-bond donors (Lipinski definition) is 2. The number of benzene rings is 1. The molecule has 1 saturated heterocycles. The summed E-state index contributed by atoms with van der Waals surface area (Å²) in [6.45, 7) is 3.19. The zero-order valence-corrected chi connectivity index (χ0v) is 17.4. The summed E-state index contributed by atoms with van der Waals surface area (Å²) in [6.07, 6.45) is 4.98. The summed E-state index contributed by atoms with van der Waals surface area (Å²) >= 11 is 0. The Morgan fingerprint density at radius 2 is 2.00 bits per heavy atom. The van der Waals surface area contributed by atoms with Crippen LogP contribution in [0.5, 0.6) is 5.75 Å². The molecule has 0 bridgehead atoms. The molecule has 2 N–H and O–H groups in total. The molecule has 0 saturated carbocycles. The van der Waals surface area contributed by atoms with Gasteiger partial charge in [0.05, 0.1) is 12.2 Å². The molecule has 1 fully saturated rings. The molecule has 0 unspecified atom stereocenters. The van der Waals surface area contributed by atoms with Gasteiger partial charge in [0.25, 0.3) is 5.91 Å². The van der Waals surface area contributed by atoms with Crippen molar-refractivity contribution in [3.63, 3.8) is 0 Å². The molecule has 1 aromatic carbocycles. The number of rotatable bonds is 6. The van der Waals surface area contributed by atoms with Gasteiger partial charge in [-0.15, -0.1) is 0 Å². The van der Waals surface area contributed by atoms with Crippen molar-refractivity contribution in [2.45, 2.75) is 25.9 Å². The van der Waals surface area contributed by atoms with Gasteiger partial charge < -0.3 is 15.0 Å². The highest BCUT2D eigenvalue weighted by Gasteiger charge is 2.24. The fourth-order valence-corrected chi connectivity index (χ4v) is 3.55. The average Bonchev–Trinajstić information content (AvgIpc) is 3.30. The van der Waals surface area contributed by atoms with Gasteiger partial charge in [-0.05, 0) is 36.8 Å². The van der Waals surface area contributed by atoms with E-state index in [1.807, 2.05) is 37.3 Å². The fraction of sp³-hybridized carbons (Fsp3) is 0.304. The minimum absolute atomic E-state index is 0.0522. The number of nitrogens with zero attached hydrogens (tertiary/aromatic N) is 3. The van der Waals surface area contributed by atoms with E-state index in [1.165, 1.54) is 0 Å². The number of para-hydroxylation sites is 1. The summed E-state index contributed by atoms with van der Waals surface area (Å²) in [7, 11) is 0. The van der Waals surface area contributed by atoms with Crippen LogP contribution in [-0.2, 0) is 4.79 Å². The van der Waals surface area contributed by atoms with Gasteiger partial charge in [-0.25, -0.2) is 0 Å². The summed E-state index contributed by atoms with van der Waals surface area (Å²) in [5, 5.41) is 9.52. The molecule has 2 amide bonds. The summed E-state index contributed by atoms with van der Waals surface area (Å²) < 4.78 is 6.09. The van der Waals surface area contributed by atoms with Gasteiger partial charge in [0.15, 0.2) is 0 Å². The first-order valence-corrected chi connectivity index (χ1v) is 10.3. The summed E-state index contributed by atoms with van der Waals surface area (Å²) in [5.74, 6) is 0.424. The number of carbonyl (C=O) groups is 2. The van der Waals surface area contributed by atoms with Crippen LogP contribution < -0.4 is 10.1 Å². The van der Waals surface area contributed by atoms with Crippen LogP contribution in [0.3, 0.4) is 0 Å². The number of hydrogen-bond acceptors (Lipinski definition) is 5. The van der Waals surface area contributed by atoms with E-state index in [0.29, 0.717) is 24.5 Å². The Hall–Kier alpha value is -3.68. The number of pyridine rings is 1. The zero-order chi connectivity index (χ0) is 21.6. The van der Waals surface area contributed by atoms with E-state index < -0.39 is 0 Å². The van der Waals surface area contributed by atoms with Crippen molar-refractivity contribution in [3.8, 4) is 17.0 Å². The van der Waals surface area contributed by atoms with E-state index in [4.69, 9.17) is 4.74 Å². The summed E-state index contributed by atoms with van der Waals surface area (Å²) in [4.78, 5) is 30.7. The first kappa shape index (κ1) is 20.6. The molecule has 4 rings (SSSR count). The van der Waals surface area contributed by atoms with Gasteiger partial charge in [-0.3, -0.25) is 19.7 Å². The van der Waals surface area contributed by atoms with Crippen molar-refractivity contribution in [2.75, 3.05) is 19.6 Å². The van der Waals surface area contributed by atoms with Crippen molar-refractivity contribution < 1.29 is 14.3 Å². The first-order chi connectivity index (χ1) is 15.1. The molecule has 8 heteroatoms. The molecule has 0 atom stereocenters. The van der Waals surface area contributed by atoms with Crippen LogP contribution >= 0.6 is 0 Å². The third-order valence-corrected chi connectivity index (χ3v) is 5.36. The number of aromatic nitrogens is 3. The highest BCUT2D eigenvalue weighted by atomic mass is 16.5. The maximum atomic E-state index is 12.5. The molecule has 0 aliphatic carbocycles. The molecule has 160 valence electrons. The highest BCUT2D eigenvalue weighted by molar-refractivity contribution is 5.95. The van der Waals surface area contributed by atoms with Gasteiger partial charge >= 0.3 is 0 Å². The zero-order valence-electron chi connectivity index (χ0n) is 17.4. The monoisotopic (exact) mass is 419 g/mol. The number of likely N-dealkylation sites (tertiary alicyclic amines) is 1. The molecule has 31 heavy (non-hydrogen) atoms. The Balaban J connectivity index is 1.24. The lowest BCUT2D eigenvalue weighted by molar-refractivity contribution is -0.131. The van der Waals surface area contributed by atoms with E-state index >= 15 is 0 Å². The van der Waals surface area contributed by atoms with Gasteiger partial charge in [-0.2, -0.15) is 5.10 Å².